The van der Waals surface area contributed by atoms with Gasteiger partial charge in [0.2, 0.25) is 0 Å². The smallest absolute Gasteiger partial charge is 0.258 e. The lowest BCUT2D eigenvalue weighted by atomic mass is 10.0. The Morgan fingerprint density at radius 3 is 2.79 bits per heavy atom. The molecule has 1 amide bonds. The molecule has 0 saturated heterocycles. The monoisotopic (exact) mass is 269 g/mol. The minimum absolute atomic E-state index is 0.0531. The number of benzene rings is 1. The predicted molar refractivity (Wildman–Crippen MR) is 70.6 cm³/mol. The SMILES string of the molecule is CC[C@@](C)(CO)NC(=O)COc1cc(C)ccc1F. The van der Waals surface area contributed by atoms with Gasteiger partial charge in [0.05, 0.1) is 12.1 Å². The number of hydrogen-bond donors (Lipinski definition) is 2. The molecule has 1 atom stereocenters. The molecular formula is C14H20FNO3. The molecule has 106 valence electrons. The predicted octanol–water partition coefficient (Wildman–Crippen LogP) is 1.79. The van der Waals surface area contributed by atoms with Crippen molar-refractivity contribution < 1.29 is 19.0 Å². The van der Waals surface area contributed by atoms with Gasteiger partial charge >= 0.3 is 0 Å². The second-order valence-electron chi connectivity index (χ2n) is 4.84. The molecule has 0 aliphatic carbocycles. The minimum atomic E-state index is -0.675. The Bertz CT molecular complexity index is 444. The molecule has 5 heteroatoms. The number of ether oxygens (including phenoxy) is 1. The van der Waals surface area contributed by atoms with Crippen molar-refractivity contribution in [1.82, 2.24) is 5.32 Å². The van der Waals surface area contributed by atoms with Crippen molar-refractivity contribution in [1.29, 1.82) is 0 Å². The topological polar surface area (TPSA) is 58.6 Å². The van der Waals surface area contributed by atoms with E-state index in [0.29, 0.717) is 6.42 Å². The Morgan fingerprint density at radius 1 is 1.53 bits per heavy atom. The van der Waals surface area contributed by atoms with Crippen molar-refractivity contribution in [3.63, 3.8) is 0 Å². The van der Waals surface area contributed by atoms with Gasteiger partial charge in [-0.25, -0.2) is 4.39 Å². The summed E-state index contributed by atoms with van der Waals surface area (Å²) in [6.07, 6.45) is 0.591. The van der Waals surface area contributed by atoms with Crippen LogP contribution in [0, 0.1) is 12.7 Å². The second kappa shape index (κ2) is 6.52. The Balaban J connectivity index is 2.57. The highest BCUT2D eigenvalue weighted by Crippen LogP contribution is 2.18. The van der Waals surface area contributed by atoms with Gasteiger partial charge in [0.15, 0.2) is 18.2 Å². The number of carbonyl (C=O) groups is 1. The summed E-state index contributed by atoms with van der Waals surface area (Å²) in [5, 5.41) is 11.8. The first-order valence-corrected chi connectivity index (χ1v) is 6.21. The summed E-state index contributed by atoms with van der Waals surface area (Å²) in [6, 6.07) is 4.46. The highest BCUT2D eigenvalue weighted by molar-refractivity contribution is 5.78. The summed E-state index contributed by atoms with van der Waals surface area (Å²) in [4.78, 5) is 11.7. The number of carbonyl (C=O) groups excluding carboxylic acids is 1. The second-order valence-corrected chi connectivity index (χ2v) is 4.84. The van der Waals surface area contributed by atoms with Crippen molar-refractivity contribution in [2.24, 2.45) is 0 Å². The lowest BCUT2D eigenvalue weighted by Gasteiger charge is -2.27. The molecule has 1 rings (SSSR count). The number of aliphatic hydroxyl groups is 1. The third-order valence-corrected chi connectivity index (χ3v) is 3.02. The van der Waals surface area contributed by atoms with Crippen LogP contribution in [0.2, 0.25) is 0 Å². The van der Waals surface area contributed by atoms with Crippen LogP contribution in [-0.2, 0) is 4.79 Å². The average Bonchev–Trinajstić information content (AvgIpc) is 2.39. The zero-order valence-electron chi connectivity index (χ0n) is 11.5. The van der Waals surface area contributed by atoms with Gasteiger partial charge in [0.1, 0.15) is 0 Å². The summed E-state index contributed by atoms with van der Waals surface area (Å²) in [5.41, 5.74) is 0.177. The van der Waals surface area contributed by atoms with E-state index >= 15 is 0 Å². The van der Waals surface area contributed by atoms with Gasteiger partial charge in [-0.05, 0) is 38.0 Å². The van der Waals surface area contributed by atoms with Crippen LogP contribution >= 0.6 is 0 Å². The maximum atomic E-state index is 13.4. The fraction of sp³-hybridized carbons (Fsp3) is 0.500. The van der Waals surface area contributed by atoms with Crippen LogP contribution in [0.3, 0.4) is 0 Å². The lowest BCUT2D eigenvalue weighted by Crippen LogP contribution is -2.50. The van der Waals surface area contributed by atoms with Crippen LogP contribution in [0.25, 0.3) is 0 Å². The summed E-state index contributed by atoms with van der Waals surface area (Å²) < 4.78 is 18.5. The summed E-state index contributed by atoms with van der Waals surface area (Å²) >= 11 is 0. The van der Waals surface area contributed by atoms with E-state index in [4.69, 9.17) is 4.74 Å². The van der Waals surface area contributed by atoms with Gasteiger partial charge in [-0.2, -0.15) is 0 Å². The van der Waals surface area contributed by atoms with Gasteiger partial charge in [-0.1, -0.05) is 13.0 Å². The van der Waals surface area contributed by atoms with E-state index in [9.17, 15) is 14.3 Å². The standard InChI is InChI=1S/C14H20FNO3/c1-4-14(3,9-17)16-13(18)8-19-12-7-10(2)5-6-11(12)15/h5-7,17H,4,8-9H2,1-3H3,(H,16,18)/t14-/m0/s1. The van der Waals surface area contributed by atoms with Gasteiger partial charge in [-0.15, -0.1) is 0 Å². The Labute approximate surface area is 112 Å². The summed E-state index contributed by atoms with van der Waals surface area (Å²) in [6.45, 7) is 4.96. The molecule has 0 unspecified atom stereocenters. The Kier molecular flexibility index (Phi) is 5.30. The molecule has 2 N–H and O–H groups in total. The van der Waals surface area contributed by atoms with Crippen molar-refractivity contribution in [2.75, 3.05) is 13.2 Å². The van der Waals surface area contributed by atoms with E-state index in [-0.39, 0.29) is 24.9 Å². The molecule has 1 aromatic carbocycles. The van der Waals surface area contributed by atoms with Crippen molar-refractivity contribution in [3.8, 4) is 5.75 Å². The maximum absolute atomic E-state index is 13.4. The number of halogens is 1. The first kappa shape index (κ1) is 15.4. The number of aliphatic hydroxyl groups excluding tert-OH is 1. The van der Waals surface area contributed by atoms with E-state index in [2.05, 4.69) is 5.32 Å². The van der Waals surface area contributed by atoms with E-state index in [0.717, 1.165) is 5.56 Å². The number of hydrogen-bond acceptors (Lipinski definition) is 3. The molecule has 0 bridgehead atoms. The van der Waals surface area contributed by atoms with Gasteiger partial charge in [0.25, 0.3) is 5.91 Å². The molecule has 0 aromatic heterocycles. The molecule has 19 heavy (non-hydrogen) atoms. The molecule has 0 spiro atoms. The molecule has 0 aliphatic heterocycles. The van der Waals surface area contributed by atoms with Crippen molar-refractivity contribution >= 4 is 5.91 Å². The van der Waals surface area contributed by atoms with Crippen LogP contribution in [0.4, 0.5) is 4.39 Å². The molecule has 0 radical (unpaired) electrons. The minimum Gasteiger partial charge on any atom is -0.481 e. The van der Waals surface area contributed by atoms with Gasteiger partial charge < -0.3 is 15.2 Å². The van der Waals surface area contributed by atoms with Crippen LogP contribution in [0.5, 0.6) is 5.75 Å². The third kappa shape index (κ3) is 4.52. The summed E-state index contributed by atoms with van der Waals surface area (Å²) in [5.74, 6) is -0.838. The zero-order chi connectivity index (χ0) is 14.5. The van der Waals surface area contributed by atoms with Crippen LogP contribution in [-0.4, -0.2) is 29.8 Å². The molecular weight excluding hydrogens is 249 g/mol. The zero-order valence-corrected chi connectivity index (χ0v) is 11.5. The largest absolute Gasteiger partial charge is 0.481 e. The fourth-order valence-electron chi connectivity index (χ4n) is 1.48. The number of amides is 1. The first-order valence-electron chi connectivity index (χ1n) is 6.21. The molecule has 0 aliphatic rings. The molecule has 0 fully saturated rings. The normalized spacial score (nSPS) is 13.7. The highest BCUT2D eigenvalue weighted by Gasteiger charge is 2.23. The van der Waals surface area contributed by atoms with Crippen molar-refractivity contribution in [3.05, 3.63) is 29.6 Å². The third-order valence-electron chi connectivity index (χ3n) is 3.02. The lowest BCUT2D eigenvalue weighted by molar-refractivity contribution is -0.125. The van der Waals surface area contributed by atoms with E-state index in [1.54, 1.807) is 13.0 Å². The molecule has 4 nitrogen and oxygen atoms in total. The summed E-state index contributed by atoms with van der Waals surface area (Å²) in [7, 11) is 0. The number of aryl methyl sites for hydroxylation is 1. The number of rotatable bonds is 6. The van der Waals surface area contributed by atoms with Crippen molar-refractivity contribution in [2.45, 2.75) is 32.7 Å². The quantitative estimate of drug-likeness (QED) is 0.827. The fourth-order valence-corrected chi connectivity index (χ4v) is 1.48. The van der Waals surface area contributed by atoms with Crippen LogP contribution in [0.15, 0.2) is 18.2 Å². The Morgan fingerprint density at radius 2 is 2.21 bits per heavy atom. The maximum Gasteiger partial charge on any atom is 0.258 e. The highest BCUT2D eigenvalue weighted by atomic mass is 19.1. The van der Waals surface area contributed by atoms with Crippen LogP contribution < -0.4 is 10.1 Å². The van der Waals surface area contributed by atoms with Gasteiger partial charge in [0, 0.05) is 0 Å². The average molecular weight is 269 g/mol. The van der Waals surface area contributed by atoms with E-state index in [1.807, 2.05) is 13.8 Å². The molecule has 0 heterocycles. The molecule has 1 aromatic rings. The first-order chi connectivity index (χ1) is 8.90. The molecule has 0 saturated carbocycles. The van der Waals surface area contributed by atoms with E-state index < -0.39 is 11.4 Å². The van der Waals surface area contributed by atoms with Crippen LogP contribution in [0.1, 0.15) is 25.8 Å². The Hall–Kier alpha value is -1.62. The number of nitrogens with one attached hydrogen (secondary N) is 1. The van der Waals surface area contributed by atoms with E-state index in [1.165, 1.54) is 12.1 Å². The van der Waals surface area contributed by atoms with Gasteiger partial charge in [-0.3, -0.25) is 4.79 Å².